The van der Waals surface area contributed by atoms with Crippen LogP contribution in [0.15, 0.2) is 413 Å². The van der Waals surface area contributed by atoms with Crippen molar-refractivity contribution in [2.75, 3.05) is 56.9 Å². The zero-order chi connectivity index (χ0) is 93.8. The van der Waals surface area contributed by atoms with Crippen molar-refractivity contribution in [3.05, 3.63) is 502 Å². The Kier molecular flexibility index (Phi) is 32.4. The highest BCUT2D eigenvalue weighted by Gasteiger charge is 2.46. The van der Waals surface area contributed by atoms with Gasteiger partial charge in [-0.3, -0.25) is 0 Å². The maximum atomic E-state index is 8.09. The minimum absolute atomic E-state index is 0.460. The molecule has 16 rings (SSSR count). The van der Waals surface area contributed by atoms with Crippen molar-refractivity contribution in [1.82, 2.24) is 0 Å². The van der Waals surface area contributed by atoms with Crippen LogP contribution in [0, 0.1) is 0 Å². The summed E-state index contributed by atoms with van der Waals surface area (Å²) in [4.78, 5) is 0. The Morgan fingerprint density at radius 3 is 0.353 bits per heavy atom. The van der Waals surface area contributed by atoms with Gasteiger partial charge in [-0.1, -0.05) is 364 Å². The van der Waals surface area contributed by atoms with Crippen molar-refractivity contribution in [3.63, 3.8) is 0 Å². The number of hydrogen-bond donors (Lipinski definition) is 0. The van der Waals surface area contributed by atoms with Gasteiger partial charge in [-0.05, 0) is 150 Å². The lowest BCUT2D eigenvalue weighted by atomic mass is 9.80. The summed E-state index contributed by atoms with van der Waals surface area (Å²) >= 11 is 0. The normalized spacial score (nSPS) is 11.6. The fourth-order valence-electron chi connectivity index (χ4n) is 19.9. The van der Waals surface area contributed by atoms with E-state index < -0.39 is 45.1 Å². The fourth-order valence-corrected chi connectivity index (χ4v) is 36.5. The van der Waals surface area contributed by atoms with Crippen LogP contribution in [-0.4, -0.2) is 90.1 Å². The molecule has 0 N–H and O–H groups in total. The third-order valence-corrected chi connectivity index (χ3v) is 41.2. The van der Waals surface area contributed by atoms with Gasteiger partial charge in [-0.2, -0.15) is 0 Å². The first-order chi connectivity index (χ1) is 66.8. The molecule has 0 radical (unpaired) electrons. The molecule has 12 nitrogen and oxygen atoms in total. The summed E-state index contributed by atoms with van der Waals surface area (Å²) in [6.45, 7) is 0. The first-order valence-electron chi connectivity index (χ1n) is 47.0. The number of hydrogen-bond acceptors (Lipinski definition) is 12. The van der Waals surface area contributed by atoms with E-state index in [4.69, 9.17) is 55.6 Å². The summed E-state index contributed by atoms with van der Waals surface area (Å²) in [7, 11) is 1.36. The lowest BCUT2D eigenvalue weighted by molar-refractivity contribution is 0.353. The minimum Gasteiger partial charge on any atom is -0.537 e. The predicted octanol–water partition coefficient (Wildman–Crippen LogP) is 26.2. The smallest absolute Gasteiger partial charge is 0.264 e. The van der Waals surface area contributed by atoms with Crippen molar-refractivity contribution in [1.29, 1.82) is 0 Å². The van der Waals surface area contributed by atoms with Crippen LogP contribution in [0.4, 0.5) is 0 Å². The molecule has 16 aromatic carbocycles. The molecule has 0 spiro atoms. The topological polar surface area (TPSA) is 111 Å². The van der Waals surface area contributed by atoms with E-state index in [2.05, 4.69) is 413 Å². The van der Waals surface area contributed by atoms with Gasteiger partial charge < -0.3 is 55.6 Å². The number of benzene rings is 16. The van der Waals surface area contributed by atoms with Crippen LogP contribution in [0.3, 0.4) is 0 Å². The summed E-state index contributed by atoms with van der Waals surface area (Å²) < 4.78 is 87.2. The Labute approximate surface area is 807 Å². The molecular weight excluding hydrogens is 1750 g/mol. The van der Waals surface area contributed by atoms with E-state index in [1.165, 1.54) is 66.8 Å². The molecule has 0 saturated carbocycles. The monoisotopic (exact) mass is 1870 g/mol. The lowest BCUT2D eigenvalue weighted by Gasteiger charge is -2.35. The number of methoxy groups -OCH3 is 8. The van der Waals surface area contributed by atoms with Gasteiger partial charge in [-0.15, -0.1) is 0 Å². The van der Waals surface area contributed by atoms with Crippen LogP contribution in [0.25, 0.3) is 0 Å². The third-order valence-electron chi connectivity index (χ3n) is 26.0. The predicted molar refractivity (Wildman–Crippen MR) is 558 cm³/mol. The summed E-state index contributed by atoms with van der Waals surface area (Å²) in [5.74, 6) is 5.29. The maximum Gasteiger partial charge on any atom is 0.264 e. The SMILES string of the molecule is COc1cc(C(CCC(c2cc(OC)c(O[Si](Cc3ccccc3)(Cc3ccccc3)Cc3ccccc3)c(OC)c2)c2cc(OC)c(O[Si](Cc3ccccc3)(Cc3ccccc3)Cc3ccccc3)c(OC)c2)c2cc(OC)c(O[Si](Cc3ccccc3)(Cc3ccccc3)Cc3ccccc3)c(OC)c2)cc(OC)c1O[Si](Cc1ccccc1)(Cc1ccccc1)Cc1ccccc1. The van der Waals surface area contributed by atoms with Gasteiger partial charge in [0.1, 0.15) is 0 Å². The summed E-state index contributed by atoms with van der Waals surface area (Å²) in [5, 5.41) is 0. The van der Waals surface area contributed by atoms with Gasteiger partial charge in [0, 0.05) is 84.4 Å². The largest absolute Gasteiger partial charge is 0.537 e. The van der Waals surface area contributed by atoms with Gasteiger partial charge in [0.2, 0.25) is 0 Å². The minimum atomic E-state index is -3.13. The molecule has 0 aliphatic heterocycles. The van der Waals surface area contributed by atoms with Crippen molar-refractivity contribution in [2.24, 2.45) is 0 Å². The first kappa shape index (κ1) is 95.2. The molecule has 0 bridgehead atoms. The molecule has 0 amide bonds. The molecule has 0 unspecified atom stereocenters. The zero-order valence-electron chi connectivity index (χ0n) is 79.2. The molecule has 0 heterocycles. The molecule has 16 heteroatoms. The van der Waals surface area contributed by atoms with E-state index in [-0.39, 0.29) is 0 Å². The zero-order valence-corrected chi connectivity index (χ0v) is 83.2. The molecule has 0 fully saturated rings. The second kappa shape index (κ2) is 46.3. The van der Waals surface area contributed by atoms with Crippen molar-refractivity contribution >= 4 is 33.3 Å². The van der Waals surface area contributed by atoms with Crippen molar-refractivity contribution < 1.29 is 55.6 Å². The van der Waals surface area contributed by atoms with Crippen molar-refractivity contribution in [2.45, 2.75) is 97.2 Å². The van der Waals surface area contributed by atoms with E-state index in [0.717, 1.165) is 22.3 Å². The average molecular weight is 1870 g/mol. The Morgan fingerprint density at radius 1 is 0.154 bits per heavy atom. The van der Waals surface area contributed by atoms with Crippen LogP contribution in [0.2, 0.25) is 0 Å². The number of rotatable bonds is 47. The Balaban J connectivity index is 0.910. The van der Waals surface area contributed by atoms with Gasteiger partial charge in [-0.25, -0.2) is 0 Å². The van der Waals surface area contributed by atoms with E-state index in [9.17, 15) is 0 Å². The molecular formula is C120H122O12Si4. The summed E-state index contributed by atoms with van der Waals surface area (Å²) in [6, 6.07) is 155. The second-order valence-corrected chi connectivity index (χ2v) is 50.3. The molecule has 136 heavy (non-hydrogen) atoms. The Hall–Kier alpha value is -14.0. The van der Waals surface area contributed by atoms with Crippen LogP contribution in [0.1, 0.15) is 114 Å². The fraction of sp³-hybridized carbons (Fsp3) is 0.200. The third kappa shape index (κ3) is 24.6. The van der Waals surface area contributed by atoms with E-state index in [0.29, 0.717) is 154 Å². The molecule has 16 aromatic rings. The van der Waals surface area contributed by atoms with E-state index >= 15 is 0 Å². The van der Waals surface area contributed by atoms with Crippen molar-refractivity contribution in [3.8, 4) is 69.0 Å². The van der Waals surface area contributed by atoms with Crippen LogP contribution < -0.4 is 55.6 Å². The molecule has 0 atom stereocenters. The van der Waals surface area contributed by atoms with Crippen LogP contribution in [-0.2, 0) is 72.5 Å². The average Bonchev–Trinajstić information content (AvgIpc) is 0.762. The quantitative estimate of drug-likeness (QED) is 0.0339. The summed E-state index contributed by atoms with van der Waals surface area (Å²) in [6.07, 6.45) is 0.919. The standard InChI is InChI=1S/C120H122O12Si4/c1-121-109-71-103(72-110(122-2)117(109)129-133(79-91-45-21-9-22-46-91,80-92-47-23-10-24-48-92)81-93-49-25-11-26-50-93)107(104-73-111(123-3)118(112(74-104)124-4)130-134(82-94-51-27-12-28-52-94,83-95-53-29-13-30-54-95)84-96-55-31-14-32-56-96)69-70-108(105-75-113(125-5)119(114(76-105)126-6)131-135(85-97-57-33-15-34-58-97,86-98-59-35-16-36-60-98)87-99-61-37-17-38-62-99)106-77-115(127-7)120(116(78-106)128-8)132-136(88-100-63-39-18-40-64-100,89-101-65-41-19-42-66-101)90-102-67-43-20-44-68-102/h9-68,71-78,107-108H,69-70,79-90H2,1-8H3. The van der Waals surface area contributed by atoms with Gasteiger partial charge in [0.25, 0.3) is 33.3 Å². The molecule has 0 aromatic heterocycles. The van der Waals surface area contributed by atoms with Gasteiger partial charge >= 0.3 is 0 Å². The second-order valence-electron chi connectivity index (χ2n) is 35.8. The van der Waals surface area contributed by atoms with Crippen LogP contribution in [0.5, 0.6) is 69.0 Å². The van der Waals surface area contributed by atoms with Gasteiger partial charge in [0.15, 0.2) is 69.0 Å². The lowest BCUT2D eigenvalue weighted by Crippen LogP contribution is -2.50. The highest BCUT2D eigenvalue weighted by molar-refractivity contribution is 6.74. The highest BCUT2D eigenvalue weighted by Crippen LogP contribution is 2.53. The molecule has 0 aliphatic rings. The molecule has 690 valence electrons. The molecule has 0 aliphatic carbocycles. The van der Waals surface area contributed by atoms with E-state index in [1.807, 2.05) is 0 Å². The first-order valence-corrected chi connectivity index (χ1v) is 57.2. The highest BCUT2D eigenvalue weighted by atomic mass is 28.4. The van der Waals surface area contributed by atoms with Gasteiger partial charge in [0.05, 0.1) is 56.9 Å². The molecule has 0 saturated heterocycles. The summed E-state index contributed by atoms with van der Waals surface area (Å²) in [5.41, 5.74) is 17.7. The maximum absolute atomic E-state index is 8.09. The van der Waals surface area contributed by atoms with E-state index in [1.54, 1.807) is 56.9 Å². The Bertz CT molecular complexity index is 5120. The number of ether oxygens (including phenoxy) is 8. The van der Waals surface area contributed by atoms with Crippen LogP contribution >= 0.6 is 0 Å². The Morgan fingerprint density at radius 2 is 0.257 bits per heavy atom.